The zero-order chi connectivity index (χ0) is 20.6. The minimum Gasteiger partial charge on any atom is -0.445 e. The molecule has 154 valence electrons. The minimum atomic E-state index is -3.59. The molecule has 7 nitrogen and oxygen atoms in total. The first kappa shape index (κ1) is 20.1. The lowest BCUT2D eigenvalue weighted by Gasteiger charge is -2.30. The van der Waals surface area contributed by atoms with Gasteiger partial charge in [-0.05, 0) is 37.5 Å². The van der Waals surface area contributed by atoms with Crippen LogP contribution in [0.4, 0.5) is 0 Å². The van der Waals surface area contributed by atoms with Crippen molar-refractivity contribution in [3.63, 3.8) is 0 Å². The third kappa shape index (κ3) is 4.24. The van der Waals surface area contributed by atoms with E-state index in [4.69, 9.17) is 16.0 Å². The van der Waals surface area contributed by atoms with Gasteiger partial charge in [-0.25, -0.2) is 13.4 Å². The highest BCUT2D eigenvalue weighted by atomic mass is 35.5. The average molecular weight is 435 g/mol. The Kier molecular flexibility index (Phi) is 5.50. The van der Waals surface area contributed by atoms with Crippen LogP contribution in [0, 0.1) is 6.92 Å². The lowest BCUT2D eigenvalue weighted by Crippen LogP contribution is -2.39. The second-order valence-electron chi connectivity index (χ2n) is 7.42. The van der Waals surface area contributed by atoms with Crippen molar-refractivity contribution in [1.29, 1.82) is 0 Å². The summed E-state index contributed by atoms with van der Waals surface area (Å²) in [6.45, 7) is 2.56. The molecule has 0 amide bonds. The number of rotatable bonds is 5. The van der Waals surface area contributed by atoms with E-state index in [1.165, 1.54) is 8.99 Å². The van der Waals surface area contributed by atoms with Crippen molar-refractivity contribution < 1.29 is 12.8 Å². The summed E-state index contributed by atoms with van der Waals surface area (Å²) in [5.74, 6) is 1.29. The Morgan fingerprint density at radius 2 is 2.03 bits per heavy atom. The summed E-state index contributed by atoms with van der Waals surface area (Å²) in [4.78, 5) is 4.69. The predicted octanol–water partition coefficient (Wildman–Crippen LogP) is 3.53. The third-order valence-corrected chi connectivity index (χ3v) is 7.40. The van der Waals surface area contributed by atoms with Crippen LogP contribution in [0.1, 0.15) is 41.7 Å². The summed E-state index contributed by atoms with van der Waals surface area (Å²) in [5.41, 5.74) is 1.59. The van der Waals surface area contributed by atoms with Gasteiger partial charge in [-0.1, -0.05) is 23.7 Å². The molecule has 1 aromatic carbocycles. The van der Waals surface area contributed by atoms with E-state index >= 15 is 0 Å². The standard InChI is InChI=1S/C20H23ClN4O3S/c1-14-19(13-24(2)23-14)29(26,27)25-9-3-4-16(12-25)20-22-11-18(28-20)10-15-5-7-17(21)8-6-15/h5-8,11,13,16H,3-4,9-10,12H2,1-2H3. The Balaban J connectivity index is 1.49. The highest BCUT2D eigenvalue weighted by Crippen LogP contribution is 2.31. The molecule has 1 aliphatic rings. The molecule has 1 saturated heterocycles. The van der Waals surface area contributed by atoms with Gasteiger partial charge in [-0.2, -0.15) is 9.40 Å². The summed E-state index contributed by atoms with van der Waals surface area (Å²) in [7, 11) is -1.87. The summed E-state index contributed by atoms with van der Waals surface area (Å²) in [6.07, 6.45) is 5.51. The van der Waals surface area contributed by atoms with Crippen molar-refractivity contribution in [3.05, 3.63) is 64.6 Å². The summed E-state index contributed by atoms with van der Waals surface area (Å²) >= 11 is 5.93. The lowest BCUT2D eigenvalue weighted by molar-refractivity contribution is 0.281. The first-order valence-electron chi connectivity index (χ1n) is 9.52. The number of aryl methyl sites for hydroxylation is 2. The van der Waals surface area contributed by atoms with E-state index in [1.807, 2.05) is 24.3 Å². The van der Waals surface area contributed by atoms with Crippen LogP contribution < -0.4 is 0 Å². The van der Waals surface area contributed by atoms with Crippen molar-refractivity contribution in [2.24, 2.45) is 7.05 Å². The molecule has 29 heavy (non-hydrogen) atoms. The minimum absolute atomic E-state index is 0.0607. The number of nitrogens with zero attached hydrogens (tertiary/aromatic N) is 4. The molecule has 3 heterocycles. The van der Waals surface area contributed by atoms with E-state index in [-0.39, 0.29) is 10.8 Å². The second kappa shape index (κ2) is 7.93. The Morgan fingerprint density at radius 1 is 1.28 bits per heavy atom. The van der Waals surface area contributed by atoms with Crippen molar-refractivity contribution in [3.8, 4) is 0 Å². The van der Waals surface area contributed by atoms with E-state index in [0.717, 1.165) is 24.2 Å². The summed E-state index contributed by atoms with van der Waals surface area (Å²) in [5, 5.41) is 4.86. The smallest absolute Gasteiger partial charge is 0.246 e. The molecule has 1 fully saturated rings. The van der Waals surface area contributed by atoms with Gasteiger partial charge in [0.15, 0.2) is 5.89 Å². The van der Waals surface area contributed by atoms with Crippen LogP contribution in [0.15, 0.2) is 46.0 Å². The molecule has 0 spiro atoms. The van der Waals surface area contributed by atoms with Gasteiger partial charge >= 0.3 is 0 Å². The highest BCUT2D eigenvalue weighted by molar-refractivity contribution is 7.89. The molecule has 1 unspecified atom stereocenters. The molecule has 0 saturated carbocycles. The molecule has 0 N–H and O–H groups in total. The quantitative estimate of drug-likeness (QED) is 0.613. The number of halogens is 1. The number of hydrogen-bond acceptors (Lipinski definition) is 5. The molecule has 0 radical (unpaired) electrons. The Labute approximate surface area is 175 Å². The Morgan fingerprint density at radius 3 is 2.72 bits per heavy atom. The highest BCUT2D eigenvalue weighted by Gasteiger charge is 2.34. The molecule has 1 aliphatic heterocycles. The fourth-order valence-corrected chi connectivity index (χ4v) is 5.58. The zero-order valence-electron chi connectivity index (χ0n) is 16.4. The van der Waals surface area contributed by atoms with Gasteiger partial charge in [0.2, 0.25) is 10.0 Å². The molecule has 0 bridgehead atoms. The van der Waals surface area contributed by atoms with Crippen molar-refractivity contribution in [2.45, 2.75) is 37.0 Å². The molecule has 3 aromatic rings. The fourth-order valence-electron chi connectivity index (χ4n) is 3.73. The van der Waals surface area contributed by atoms with Gasteiger partial charge in [0, 0.05) is 43.7 Å². The molecule has 9 heteroatoms. The Hall–Kier alpha value is -2.16. The topological polar surface area (TPSA) is 81.2 Å². The molecular weight excluding hydrogens is 412 g/mol. The van der Waals surface area contributed by atoms with E-state index in [1.54, 1.807) is 26.4 Å². The molecule has 4 rings (SSSR count). The number of hydrogen-bond donors (Lipinski definition) is 0. The SMILES string of the molecule is Cc1nn(C)cc1S(=O)(=O)N1CCCC(c2ncc(Cc3ccc(Cl)cc3)o2)C1. The Bertz CT molecular complexity index is 1110. The van der Waals surface area contributed by atoms with Gasteiger partial charge in [0.25, 0.3) is 0 Å². The number of piperidine rings is 1. The largest absolute Gasteiger partial charge is 0.445 e. The van der Waals surface area contributed by atoms with Crippen LogP contribution in [0.5, 0.6) is 0 Å². The monoisotopic (exact) mass is 434 g/mol. The first-order valence-corrected chi connectivity index (χ1v) is 11.3. The maximum atomic E-state index is 13.1. The van der Waals surface area contributed by atoms with Crippen LogP contribution >= 0.6 is 11.6 Å². The third-order valence-electron chi connectivity index (χ3n) is 5.18. The van der Waals surface area contributed by atoms with Crippen molar-refractivity contribution >= 4 is 21.6 Å². The lowest BCUT2D eigenvalue weighted by atomic mass is 10.00. The number of benzene rings is 1. The first-order chi connectivity index (χ1) is 13.8. The normalized spacial score (nSPS) is 18.2. The van der Waals surface area contributed by atoms with E-state index < -0.39 is 10.0 Å². The van der Waals surface area contributed by atoms with Crippen LogP contribution in [-0.2, 0) is 23.5 Å². The zero-order valence-corrected chi connectivity index (χ0v) is 17.9. The number of aromatic nitrogens is 3. The van der Waals surface area contributed by atoms with E-state index in [9.17, 15) is 8.42 Å². The fraction of sp³-hybridized carbons (Fsp3) is 0.400. The average Bonchev–Trinajstić information content (AvgIpc) is 3.30. The number of oxazole rings is 1. The van der Waals surface area contributed by atoms with Gasteiger partial charge in [-0.3, -0.25) is 4.68 Å². The maximum Gasteiger partial charge on any atom is 0.246 e. The van der Waals surface area contributed by atoms with Crippen LogP contribution in [0.3, 0.4) is 0 Å². The summed E-state index contributed by atoms with van der Waals surface area (Å²) in [6, 6.07) is 7.60. The molecule has 1 atom stereocenters. The van der Waals surface area contributed by atoms with Gasteiger partial charge in [0.05, 0.1) is 11.9 Å². The second-order valence-corrected chi connectivity index (χ2v) is 9.77. The van der Waals surface area contributed by atoms with Crippen LogP contribution in [-0.4, -0.2) is 40.6 Å². The van der Waals surface area contributed by atoms with Gasteiger partial charge in [-0.15, -0.1) is 0 Å². The summed E-state index contributed by atoms with van der Waals surface area (Å²) < 4.78 is 35.2. The predicted molar refractivity (Wildman–Crippen MR) is 109 cm³/mol. The maximum absolute atomic E-state index is 13.1. The molecular formula is C20H23ClN4O3S. The van der Waals surface area contributed by atoms with E-state index in [2.05, 4.69) is 10.1 Å². The number of sulfonamides is 1. The van der Waals surface area contributed by atoms with Crippen LogP contribution in [0.25, 0.3) is 0 Å². The van der Waals surface area contributed by atoms with Gasteiger partial charge < -0.3 is 4.42 Å². The van der Waals surface area contributed by atoms with Crippen molar-refractivity contribution in [1.82, 2.24) is 19.1 Å². The van der Waals surface area contributed by atoms with Gasteiger partial charge in [0.1, 0.15) is 10.7 Å². The van der Waals surface area contributed by atoms with Crippen LogP contribution in [0.2, 0.25) is 5.02 Å². The molecule has 0 aliphatic carbocycles. The van der Waals surface area contributed by atoms with E-state index in [0.29, 0.717) is 36.1 Å². The molecule has 2 aromatic heterocycles. The van der Waals surface area contributed by atoms with Crippen molar-refractivity contribution in [2.75, 3.05) is 13.1 Å².